The van der Waals surface area contributed by atoms with Gasteiger partial charge in [0.05, 0.1) is 6.54 Å². The van der Waals surface area contributed by atoms with E-state index in [-0.39, 0.29) is 41.4 Å². The molecule has 0 saturated heterocycles. The van der Waals surface area contributed by atoms with Gasteiger partial charge in [0.2, 0.25) is 5.91 Å². The SMILES string of the molecule is CN=C(NCCOc1cccc2c1OC(C)(C)C2)NCC1CC(=O)Nc2ccccc21.I. The van der Waals surface area contributed by atoms with Crippen molar-refractivity contribution in [1.82, 2.24) is 10.6 Å². The number of ether oxygens (including phenoxy) is 2. The Balaban J connectivity index is 0.00000289. The number of nitrogens with zero attached hydrogens (tertiary/aromatic N) is 1. The number of nitrogens with one attached hydrogen (secondary N) is 3. The number of hydrogen-bond acceptors (Lipinski definition) is 4. The molecule has 3 N–H and O–H groups in total. The Morgan fingerprint density at radius 1 is 1.22 bits per heavy atom. The van der Waals surface area contributed by atoms with Crippen molar-refractivity contribution in [2.24, 2.45) is 4.99 Å². The zero-order valence-corrected chi connectivity index (χ0v) is 21.1. The summed E-state index contributed by atoms with van der Waals surface area (Å²) < 4.78 is 12.0. The van der Waals surface area contributed by atoms with Crippen molar-refractivity contribution >= 4 is 41.5 Å². The second-order valence-electron chi connectivity index (χ2n) is 8.55. The van der Waals surface area contributed by atoms with Crippen LogP contribution in [0.3, 0.4) is 0 Å². The van der Waals surface area contributed by atoms with Crippen LogP contribution in [0, 0.1) is 0 Å². The highest BCUT2D eigenvalue weighted by molar-refractivity contribution is 14.0. The number of benzene rings is 2. The van der Waals surface area contributed by atoms with Crippen LogP contribution in [-0.2, 0) is 11.2 Å². The molecule has 2 aliphatic heterocycles. The first-order chi connectivity index (χ1) is 14.9. The summed E-state index contributed by atoms with van der Waals surface area (Å²) in [6.07, 6.45) is 1.34. The molecule has 2 aromatic carbocycles. The van der Waals surface area contributed by atoms with E-state index < -0.39 is 0 Å². The first kappa shape index (κ1) is 24.2. The van der Waals surface area contributed by atoms with Gasteiger partial charge >= 0.3 is 0 Å². The lowest BCUT2D eigenvalue weighted by Gasteiger charge is -2.26. The minimum absolute atomic E-state index is 0. The number of rotatable bonds is 6. The van der Waals surface area contributed by atoms with Crippen LogP contribution < -0.4 is 25.4 Å². The highest BCUT2D eigenvalue weighted by Crippen LogP contribution is 2.41. The molecule has 1 atom stereocenters. The zero-order valence-electron chi connectivity index (χ0n) is 18.7. The molecule has 2 aliphatic rings. The molecule has 1 unspecified atom stereocenters. The molecular weight excluding hydrogens is 519 g/mol. The summed E-state index contributed by atoms with van der Waals surface area (Å²) in [4.78, 5) is 16.3. The largest absolute Gasteiger partial charge is 0.488 e. The van der Waals surface area contributed by atoms with E-state index in [4.69, 9.17) is 9.47 Å². The van der Waals surface area contributed by atoms with Gasteiger partial charge in [-0.3, -0.25) is 9.79 Å². The topological polar surface area (TPSA) is 84.0 Å². The van der Waals surface area contributed by atoms with Gasteiger partial charge in [-0.15, -0.1) is 24.0 Å². The van der Waals surface area contributed by atoms with E-state index >= 15 is 0 Å². The Morgan fingerprint density at radius 2 is 2.03 bits per heavy atom. The Kier molecular flexibility index (Phi) is 7.86. The third-order valence-electron chi connectivity index (χ3n) is 5.55. The van der Waals surface area contributed by atoms with E-state index in [2.05, 4.69) is 46.9 Å². The van der Waals surface area contributed by atoms with Crippen molar-refractivity contribution in [3.05, 3.63) is 53.6 Å². The normalized spacial score (nSPS) is 18.4. The summed E-state index contributed by atoms with van der Waals surface area (Å²) in [6, 6.07) is 14.0. The average Bonchev–Trinajstić information content (AvgIpc) is 3.07. The molecule has 2 heterocycles. The maximum absolute atomic E-state index is 12.0. The number of anilines is 1. The number of amides is 1. The maximum Gasteiger partial charge on any atom is 0.225 e. The number of guanidine groups is 1. The summed E-state index contributed by atoms with van der Waals surface area (Å²) in [6.45, 7) is 5.87. The standard InChI is InChI=1S/C24H30N4O3.HI/c1-24(2)14-16-7-6-10-20(22(16)31-24)30-12-11-26-23(25-3)27-15-17-13-21(29)28-19-9-5-4-8-18(17)19;/h4-10,17H,11-15H2,1-3H3,(H,28,29)(H2,25,26,27);1H. The van der Waals surface area contributed by atoms with E-state index in [1.54, 1.807) is 7.05 Å². The monoisotopic (exact) mass is 550 g/mol. The van der Waals surface area contributed by atoms with E-state index in [1.807, 2.05) is 30.3 Å². The van der Waals surface area contributed by atoms with Gasteiger partial charge < -0.3 is 25.4 Å². The molecule has 2 aromatic rings. The van der Waals surface area contributed by atoms with Crippen LogP contribution in [0.5, 0.6) is 11.5 Å². The number of hydrogen-bond donors (Lipinski definition) is 3. The number of carbonyl (C=O) groups excluding carboxylic acids is 1. The van der Waals surface area contributed by atoms with Crippen LogP contribution in [0.25, 0.3) is 0 Å². The van der Waals surface area contributed by atoms with Gasteiger partial charge in [-0.05, 0) is 31.5 Å². The summed E-state index contributed by atoms with van der Waals surface area (Å²) in [7, 11) is 1.73. The molecule has 0 saturated carbocycles. The van der Waals surface area contributed by atoms with Crippen LogP contribution in [0.15, 0.2) is 47.5 Å². The fourth-order valence-electron chi connectivity index (χ4n) is 4.16. The van der Waals surface area contributed by atoms with Gasteiger partial charge in [0.1, 0.15) is 12.2 Å². The summed E-state index contributed by atoms with van der Waals surface area (Å²) >= 11 is 0. The Bertz CT molecular complexity index is 993. The van der Waals surface area contributed by atoms with Crippen LogP contribution >= 0.6 is 24.0 Å². The third-order valence-corrected chi connectivity index (χ3v) is 5.55. The molecule has 172 valence electrons. The highest BCUT2D eigenvalue weighted by Gasteiger charge is 2.32. The smallest absolute Gasteiger partial charge is 0.225 e. The lowest BCUT2D eigenvalue weighted by Crippen LogP contribution is -2.42. The molecule has 7 nitrogen and oxygen atoms in total. The predicted octanol–water partition coefficient (Wildman–Crippen LogP) is 3.69. The first-order valence-electron chi connectivity index (χ1n) is 10.7. The molecule has 1 amide bonds. The molecule has 0 spiro atoms. The molecular formula is C24H31IN4O3. The fraction of sp³-hybridized carbons (Fsp3) is 0.417. The van der Waals surface area contributed by atoms with E-state index in [9.17, 15) is 4.79 Å². The number of halogens is 1. The quantitative estimate of drug-likeness (QED) is 0.221. The lowest BCUT2D eigenvalue weighted by molar-refractivity contribution is -0.116. The van der Waals surface area contributed by atoms with Gasteiger partial charge in [0.25, 0.3) is 0 Å². The van der Waals surface area contributed by atoms with Gasteiger partial charge in [-0.1, -0.05) is 30.3 Å². The van der Waals surface area contributed by atoms with E-state index in [0.29, 0.717) is 32.1 Å². The highest BCUT2D eigenvalue weighted by atomic mass is 127. The number of aliphatic imine (C=N–C) groups is 1. The van der Waals surface area contributed by atoms with Crippen molar-refractivity contribution in [2.45, 2.75) is 38.2 Å². The van der Waals surface area contributed by atoms with Crippen LogP contribution in [0.4, 0.5) is 5.69 Å². The first-order valence-corrected chi connectivity index (χ1v) is 10.7. The van der Waals surface area contributed by atoms with Crippen LogP contribution in [-0.4, -0.2) is 44.2 Å². The van der Waals surface area contributed by atoms with Gasteiger partial charge in [-0.25, -0.2) is 0 Å². The van der Waals surface area contributed by atoms with Crippen molar-refractivity contribution in [3.63, 3.8) is 0 Å². The molecule has 4 rings (SSSR count). The lowest BCUT2D eigenvalue weighted by atomic mass is 9.90. The molecule has 0 aromatic heterocycles. The van der Waals surface area contributed by atoms with Crippen LogP contribution in [0.2, 0.25) is 0 Å². The number of fused-ring (bicyclic) bond motifs is 2. The Hall–Kier alpha value is -2.49. The average molecular weight is 550 g/mol. The van der Waals surface area contributed by atoms with Gasteiger partial charge in [0, 0.05) is 43.6 Å². The fourth-order valence-corrected chi connectivity index (χ4v) is 4.16. The minimum Gasteiger partial charge on any atom is -0.488 e. The van der Waals surface area contributed by atoms with Crippen LogP contribution in [0.1, 0.15) is 37.3 Å². The molecule has 0 radical (unpaired) electrons. The second-order valence-corrected chi connectivity index (χ2v) is 8.55. The molecule has 0 bridgehead atoms. The van der Waals surface area contributed by atoms with Gasteiger partial charge in [0.15, 0.2) is 17.5 Å². The summed E-state index contributed by atoms with van der Waals surface area (Å²) in [5.41, 5.74) is 3.03. The van der Waals surface area contributed by atoms with Crippen molar-refractivity contribution in [1.29, 1.82) is 0 Å². The molecule has 32 heavy (non-hydrogen) atoms. The Morgan fingerprint density at radius 3 is 2.84 bits per heavy atom. The third kappa shape index (κ3) is 5.65. The molecule has 8 heteroatoms. The predicted molar refractivity (Wildman–Crippen MR) is 138 cm³/mol. The molecule has 0 aliphatic carbocycles. The van der Waals surface area contributed by atoms with Gasteiger partial charge in [-0.2, -0.15) is 0 Å². The number of carbonyl (C=O) groups is 1. The van der Waals surface area contributed by atoms with Crippen molar-refractivity contribution < 1.29 is 14.3 Å². The van der Waals surface area contributed by atoms with E-state index in [1.165, 1.54) is 5.56 Å². The minimum atomic E-state index is -0.194. The summed E-state index contributed by atoms with van der Waals surface area (Å²) in [5, 5.41) is 9.53. The van der Waals surface area contributed by atoms with E-state index in [0.717, 1.165) is 29.2 Å². The summed E-state index contributed by atoms with van der Waals surface area (Å²) in [5.74, 6) is 2.46. The zero-order chi connectivity index (χ0) is 21.8. The maximum atomic E-state index is 12.0. The molecule has 0 fully saturated rings. The van der Waals surface area contributed by atoms with Crippen molar-refractivity contribution in [3.8, 4) is 11.5 Å². The van der Waals surface area contributed by atoms with Crippen molar-refractivity contribution in [2.75, 3.05) is 32.1 Å². The number of para-hydroxylation sites is 2. The second kappa shape index (κ2) is 10.4. The Labute approximate surface area is 206 Å².